The van der Waals surface area contributed by atoms with E-state index in [1.807, 2.05) is 37.3 Å². The van der Waals surface area contributed by atoms with E-state index in [2.05, 4.69) is 0 Å². The highest BCUT2D eigenvalue weighted by molar-refractivity contribution is 6.01. The van der Waals surface area contributed by atoms with E-state index in [9.17, 15) is 9.59 Å². The molecule has 2 bridgehead atoms. The van der Waals surface area contributed by atoms with Crippen LogP contribution in [-0.2, 0) is 30.4 Å². The number of ether oxygens (including phenoxy) is 3. The van der Waals surface area contributed by atoms with Crippen LogP contribution >= 0.6 is 0 Å². The number of carbonyl (C=O) groups is 2. The van der Waals surface area contributed by atoms with Crippen molar-refractivity contribution in [3.63, 3.8) is 0 Å². The van der Waals surface area contributed by atoms with Crippen LogP contribution in [0.25, 0.3) is 0 Å². The highest BCUT2D eigenvalue weighted by Gasteiger charge is 2.60. The van der Waals surface area contributed by atoms with Gasteiger partial charge in [-0.2, -0.15) is 0 Å². The summed E-state index contributed by atoms with van der Waals surface area (Å²) in [6, 6.07) is 9.98. The zero-order chi connectivity index (χ0) is 17.2. The standard InChI is InChI=1S/C19H24O5/c1-18-8-9-19(24-18,12-15(20)16(18)17(21)22-2)10-11-23-13-14-6-4-3-5-7-14/h3-7,16H,8-13H2,1-2H3/t16?,18-,19-/m1/s1. The maximum Gasteiger partial charge on any atom is 0.319 e. The second kappa shape index (κ2) is 6.65. The molecule has 0 spiro atoms. The molecule has 2 aliphatic rings. The van der Waals surface area contributed by atoms with Crippen LogP contribution in [0, 0.1) is 5.92 Å². The maximum atomic E-state index is 12.5. The van der Waals surface area contributed by atoms with E-state index in [1.165, 1.54) is 7.11 Å². The molecule has 0 radical (unpaired) electrons. The third-order valence-electron chi connectivity index (χ3n) is 5.21. The predicted molar refractivity (Wildman–Crippen MR) is 87.3 cm³/mol. The Morgan fingerprint density at radius 3 is 2.75 bits per heavy atom. The van der Waals surface area contributed by atoms with Crippen molar-refractivity contribution in [1.29, 1.82) is 0 Å². The first-order valence-electron chi connectivity index (χ1n) is 8.40. The first-order chi connectivity index (χ1) is 11.5. The van der Waals surface area contributed by atoms with Crippen molar-refractivity contribution in [1.82, 2.24) is 0 Å². The highest BCUT2D eigenvalue weighted by Crippen LogP contribution is 2.51. The van der Waals surface area contributed by atoms with Crippen LogP contribution in [0.2, 0.25) is 0 Å². The molecule has 2 fully saturated rings. The van der Waals surface area contributed by atoms with Crippen molar-refractivity contribution in [2.24, 2.45) is 5.92 Å². The summed E-state index contributed by atoms with van der Waals surface area (Å²) in [5, 5.41) is 0. The van der Waals surface area contributed by atoms with Crippen LogP contribution in [-0.4, -0.2) is 36.7 Å². The summed E-state index contributed by atoms with van der Waals surface area (Å²) >= 11 is 0. The zero-order valence-corrected chi connectivity index (χ0v) is 14.2. The summed E-state index contributed by atoms with van der Waals surface area (Å²) in [4.78, 5) is 24.4. The molecule has 1 aromatic carbocycles. The Labute approximate surface area is 142 Å². The summed E-state index contributed by atoms with van der Waals surface area (Å²) in [6.07, 6.45) is 2.39. The van der Waals surface area contributed by atoms with Gasteiger partial charge < -0.3 is 14.2 Å². The molecule has 2 heterocycles. The molecule has 24 heavy (non-hydrogen) atoms. The van der Waals surface area contributed by atoms with Crippen molar-refractivity contribution in [2.45, 2.75) is 50.4 Å². The van der Waals surface area contributed by atoms with Crippen molar-refractivity contribution in [2.75, 3.05) is 13.7 Å². The van der Waals surface area contributed by atoms with Gasteiger partial charge in [-0.05, 0) is 25.3 Å². The van der Waals surface area contributed by atoms with E-state index in [4.69, 9.17) is 14.2 Å². The topological polar surface area (TPSA) is 61.8 Å². The van der Waals surface area contributed by atoms with Crippen LogP contribution in [0.1, 0.15) is 38.2 Å². The summed E-state index contributed by atoms with van der Waals surface area (Å²) in [7, 11) is 1.31. The minimum absolute atomic E-state index is 0.0730. The Kier molecular flexibility index (Phi) is 4.74. The molecule has 0 amide bonds. The van der Waals surface area contributed by atoms with Crippen LogP contribution in [0.15, 0.2) is 30.3 Å². The lowest BCUT2D eigenvalue weighted by Gasteiger charge is -2.41. The van der Waals surface area contributed by atoms with Crippen molar-refractivity contribution in [3.8, 4) is 0 Å². The summed E-state index contributed by atoms with van der Waals surface area (Å²) in [6.45, 7) is 2.92. The van der Waals surface area contributed by atoms with Gasteiger partial charge in [0.15, 0.2) is 5.78 Å². The van der Waals surface area contributed by atoms with Crippen LogP contribution in [0.4, 0.5) is 0 Å². The summed E-state index contributed by atoms with van der Waals surface area (Å²) < 4.78 is 16.8. The maximum absolute atomic E-state index is 12.5. The van der Waals surface area contributed by atoms with Gasteiger partial charge in [0.2, 0.25) is 0 Å². The number of esters is 1. The second-order valence-electron chi connectivity index (χ2n) is 6.99. The monoisotopic (exact) mass is 332 g/mol. The van der Waals surface area contributed by atoms with Gasteiger partial charge in [-0.25, -0.2) is 0 Å². The predicted octanol–water partition coefficient (Wildman–Crippen LogP) is 2.66. The lowest BCUT2D eigenvalue weighted by Crippen LogP contribution is -2.53. The van der Waals surface area contributed by atoms with Gasteiger partial charge in [-0.15, -0.1) is 0 Å². The number of carbonyl (C=O) groups excluding carboxylic acids is 2. The molecule has 5 nitrogen and oxygen atoms in total. The minimum atomic E-state index is -0.802. The average molecular weight is 332 g/mol. The van der Waals surface area contributed by atoms with Gasteiger partial charge in [-0.1, -0.05) is 30.3 Å². The Morgan fingerprint density at radius 1 is 1.29 bits per heavy atom. The number of ketones is 1. The normalized spacial score (nSPS) is 31.9. The number of fused-ring (bicyclic) bond motifs is 2. The first-order valence-corrected chi connectivity index (χ1v) is 8.40. The smallest absolute Gasteiger partial charge is 0.319 e. The Balaban J connectivity index is 1.58. The number of hydrogen-bond donors (Lipinski definition) is 0. The molecular formula is C19H24O5. The number of rotatable bonds is 6. The van der Waals surface area contributed by atoms with Gasteiger partial charge in [0.05, 0.1) is 24.9 Å². The molecule has 5 heteroatoms. The van der Waals surface area contributed by atoms with E-state index < -0.39 is 23.1 Å². The molecule has 0 N–H and O–H groups in total. The average Bonchev–Trinajstić information content (AvgIpc) is 2.85. The van der Waals surface area contributed by atoms with E-state index in [0.29, 0.717) is 26.1 Å². The molecule has 1 aromatic rings. The van der Waals surface area contributed by atoms with Crippen molar-refractivity contribution in [3.05, 3.63) is 35.9 Å². The Hall–Kier alpha value is -1.72. The molecule has 0 aliphatic carbocycles. The quantitative estimate of drug-likeness (QED) is 0.455. The molecule has 130 valence electrons. The lowest BCUT2D eigenvalue weighted by atomic mass is 9.81. The molecule has 3 rings (SSSR count). The van der Waals surface area contributed by atoms with E-state index >= 15 is 0 Å². The van der Waals surface area contributed by atoms with Gasteiger partial charge in [-0.3, -0.25) is 9.59 Å². The van der Waals surface area contributed by atoms with Gasteiger partial charge >= 0.3 is 5.97 Å². The zero-order valence-electron chi connectivity index (χ0n) is 14.2. The summed E-state index contributed by atoms with van der Waals surface area (Å²) in [5.41, 5.74) is -0.118. The second-order valence-corrected chi connectivity index (χ2v) is 6.99. The van der Waals surface area contributed by atoms with E-state index in [0.717, 1.165) is 12.0 Å². The fourth-order valence-corrected chi connectivity index (χ4v) is 3.95. The third kappa shape index (κ3) is 3.23. The fourth-order valence-electron chi connectivity index (χ4n) is 3.95. The van der Waals surface area contributed by atoms with Gasteiger partial charge in [0.25, 0.3) is 0 Å². The van der Waals surface area contributed by atoms with Crippen LogP contribution < -0.4 is 0 Å². The molecule has 0 saturated carbocycles. The lowest BCUT2D eigenvalue weighted by molar-refractivity contribution is -0.190. The van der Waals surface area contributed by atoms with E-state index in [1.54, 1.807) is 0 Å². The molecule has 3 atom stereocenters. The molecule has 1 unspecified atom stereocenters. The van der Waals surface area contributed by atoms with Gasteiger partial charge in [0, 0.05) is 19.4 Å². The first kappa shape index (κ1) is 17.1. The summed E-state index contributed by atoms with van der Waals surface area (Å²) in [5.74, 6) is -1.36. The van der Waals surface area contributed by atoms with Crippen molar-refractivity contribution >= 4 is 11.8 Å². The molecule has 2 aliphatic heterocycles. The molecule has 2 saturated heterocycles. The fraction of sp³-hybridized carbons (Fsp3) is 0.579. The Bertz CT molecular complexity index is 613. The highest BCUT2D eigenvalue weighted by atomic mass is 16.6. The molecule has 0 aromatic heterocycles. The minimum Gasteiger partial charge on any atom is -0.468 e. The van der Waals surface area contributed by atoms with Gasteiger partial charge in [0.1, 0.15) is 5.92 Å². The Morgan fingerprint density at radius 2 is 2.04 bits per heavy atom. The number of benzene rings is 1. The van der Waals surface area contributed by atoms with Crippen LogP contribution in [0.3, 0.4) is 0 Å². The van der Waals surface area contributed by atoms with Crippen molar-refractivity contribution < 1.29 is 23.8 Å². The third-order valence-corrected chi connectivity index (χ3v) is 5.21. The number of hydrogen-bond acceptors (Lipinski definition) is 5. The van der Waals surface area contributed by atoms with E-state index in [-0.39, 0.29) is 12.2 Å². The number of methoxy groups -OCH3 is 1. The molecular weight excluding hydrogens is 308 g/mol. The largest absolute Gasteiger partial charge is 0.468 e. The SMILES string of the molecule is COC(=O)C1C(=O)C[C@]2(CCOCc3ccccc3)CC[C@@]1(C)O2. The number of Topliss-reactive ketones (excluding diaryl/α,β-unsaturated/α-hetero) is 1. The van der Waals surface area contributed by atoms with Crippen LogP contribution in [0.5, 0.6) is 0 Å².